The first-order chi connectivity index (χ1) is 13.0. The molecular formula is C27H54N2. The second kappa shape index (κ2) is 8.45. The second-order valence-corrected chi connectivity index (χ2v) is 14.0. The molecule has 0 aliphatic carbocycles. The van der Waals surface area contributed by atoms with E-state index in [0.717, 1.165) is 5.92 Å². The minimum atomic E-state index is 0.306. The first-order valence-electron chi connectivity index (χ1n) is 12.5. The third kappa shape index (κ3) is 6.00. The number of likely N-dealkylation sites (tertiary alicyclic amines) is 2. The van der Waals surface area contributed by atoms with Crippen molar-refractivity contribution in [2.45, 2.75) is 126 Å². The highest BCUT2D eigenvalue weighted by atomic mass is 15.2. The Labute approximate surface area is 184 Å². The van der Waals surface area contributed by atoms with Crippen LogP contribution in [0.15, 0.2) is 0 Å². The average Bonchev–Trinajstić information content (AvgIpc) is 2.59. The van der Waals surface area contributed by atoms with Crippen LogP contribution < -0.4 is 0 Å². The van der Waals surface area contributed by atoms with Crippen molar-refractivity contribution in [3.63, 3.8) is 0 Å². The molecule has 0 spiro atoms. The highest BCUT2D eigenvalue weighted by Crippen LogP contribution is 2.47. The molecule has 0 aromatic rings. The Morgan fingerprint density at radius 3 is 1.38 bits per heavy atom. The van der Waals surface area contributed by atoms with E-state index in [1.54, 1.807) is 0 Å². The molecule has 0 atom stereocenters. The van der Waals surface area contributed by atoms with Crippen LogP contribution in [0, 0.1) is 22.2 Å². The van der Waals surface area contributed by atoms with Crippen LogP contribution in [0.1, 0.15) is 115 Å². The smallest absolute Gasteiger partial charge is 0.0153 e. The Kier molecular flexibility index (Phi) is 7.34. The molecule has 29 heavy (non-hydrogen) atoms. The van der Waals surface area contributed by atoms with E-state index >= 15 is 0 Å². The van der Waals surface area contributed by atoms with E-state index in [0.29, 0.717) is 27.3 Å². The molecule has 2 aliphatic heterocycles. The van der Waals surface area contributed by atoms with Gasteiger partial charge in [-0.25, -0.2) is 0 Å². The first-order valence-corrected chi connectivity index (χ1v) is 12.5. The van der Waals surface area contributed by atoms with Crippen LogP contribution >= 0.6 is 0 Å². The molecule has 0 bridgehead atoms. The second-order valence-electron chi connectivity index (χ2n) is 14.0. The normalized spacial score (nSPS) is 24.1. The van der Waals surface area contributed by atoms with E-state index in [9.17, 15) is 0 Å². The predicted octanol–water partition coefficient (Wildman–Crippen LogP) is 7.23. The summed E-state index contributed by atoms with van der Waals surface area (Å²) in [5.41, 5.74) is 1.98. The molecule has 0 unspecified atom stereocenters. The summed E-state index contributed by atoms with van der Waals surface area (Å²) in [6, 6.07) is 0. The van der Waals surface area contributed by atoms with Crippen molar-refractivity contribution in [3.8, 4) is 0 Å². The van der Waals surface area contributed by atoms with Crippen LogP contribution in [0.3, 0.4) is 0 Å². The number of rotatable bonds is 5. The van der Waals surface area contributed by atoms with E-state index in [4.69, 9.17) is 0 Å². The fourth-order valence-electron chi connectivity index (χ4n) is 5.63. The van der Waals surface area contributed by atoms with Crippen molar-refractivity contribution in [2.24, 2.45) is 22.2 Å². The standard InChI is InChI=1S/C27H54N2/c1-23(2,3)22-12-18-28(19-13-22)25(7,8)14-15-26(9,10)29-20-16-27(11,17-21-29)24(4,5)6/h22H,12-21H2,1-11H3. The maximum atomic E-state index is 2.79. The number of hydrogen-bond acceptors (Lipinski definition) is 2. The summed E-state index contributed by atoms with van der Waals surface area (Å²) in [4.78, 5) is 5.58. The topological polar surface area (TPSA) is 6.48 Å². The third-order valence-corrected chi connectivity index (χ3v) is 9.46. The van der Waals surface area contributed by atoms with E-state index in [-0.39, 0.29) is 0 Å². The minimum absolute atomic E-state index is 0.306. The van der Waals surface area contributed by atoms with Crippen LogP contribution in [0.5, 0.6) is 0 Å². The van der Waals surface area contributed by atoms with E-state index in [1.165, 1.54) is 64.7 Å². The van der Waals surface area contributed by atoms with Gasteiger partial charge >= 0.3 is 0 Å². The van der Waals surface area contributed by atoms with Crippen LogP contribution in [0.25, 0.3) is 0 Å². The highest BCUT2D eigenvalue weighted by Gasteiger charge is 2.43. The number of piperidine rings is 2. The highest BCUT2D eigenvalue weighted by molar-refractivity contribution is 4.96. The minimum Gasteiger partial charge on any atom is -0.298 e. The molecular weight excluding hydrogens is 352 g/mol. The summed E-state index contributed by atoms with van der Waals surface area (Å²) in [7, 11) is 0. The first kappa shape index (κ1) is 25.2. The van der Waals surface area contributed by atoms with E-state index in [2.05, 4.69) is 86.0 Å². The summed E-state index contributed by atoms with van der Waals surface area (Å²) >= 11 is 0. The Hall–Kier alpha value is -0.0800. The Bertz CT molecular complexity index is 516. The molecule has 0 aromatic carbocycles. The fourth-order valence-corrected chi connectivity index (χ4v) is 5.63. The maximum absolute atomic E-state index is 2.79. The quantitative estimate of drug-likeness (QED) is 0.475. The lowest BCUT2D eigenvalue weighted by Gasteiger charge is -2.52. The van der Waals surface area contributed by atoms with Gasteiger partial charge in [-0.3, -0.25) is 9.80 Å². The molecule has 0 amide bonds. The third-order valence-electron chi connectivity index (χ3n) is 9.46. The van der Waals surface area contributed by atoms with E-state index in [1.807, 2.05) is 0 Å². The molecule has 2 heterocycles. The Morgan fingerprint density at radius 1 is 0.655 bits per heavy atom. The molecule has 2 aliphatic rings. The number of nitrogens with zero attached hydrogens (tertiary/aromatic N) is 2. The van der Waals surface area contributed by atoms with Crippen molar-refractivity contribution < 1.29 is 0 Å². The van der Waals surface area contributed by atoms with Crippen molar-refractivity contribution >= 4 is 0 Å². The van der Waals surface area contributed by atoms with Crippen molar-refractivity contribution in [2.75, 3.05) is 26.2 Å². The number of hydrogen-bond donors (Lipinski definition) is 0. The summed E-state index contributed by atoms with van der Waals surface area (Å²) in [5, 5.41) is 0. The zero-order valence-electron chi connectivity index (χ0n) is 22.0. The van der Waals surface area contributed by atoms with Crippen molar-refractivity contribution in [1.29, 1.82) is 0 Å². The van der Waals surface area contributed by atoms with Gasteiger partial charge < -0.3 is 0 Å². The molecule has 2 fully saturated rings. The van der Waals surface area contributed by atoms with Gasteiger partial charge in [0.1, 0.15) is 0 Å². The lowest BCUT2D eigenvalue weighted by molar-refractivity contribution is -0.0239. The van der Waals surface area contributed by atoms with Gasteiger partial charge in [-0.2, -0.15) is 0 Å². The maximum Gasteiger partial charge on any atom is 0.0153 e. The lowest BCUT2D eigenvalue weighted by Crippen LogP contribution is -2.54. The van der Waals surface area contributed by atoms with Gasteiger partial charge in [-0.1, -0.05) is 48.5 Å². The van der Waals surface area contributed by atoms with Gasteiger partial charge in [0, 0.05) is 11.1 Å². The average molecular weight is 407 g/mol. The Balaban J connectivity index is 1.88. The Morgan fingerprint density at radius 2 is 1.03 bits per heavy atom. The van der Waals surface area contributed by atoms with Gasteiger partial charge in [-0.15, -0.1) is 0 Å². The summed E-state index contributed by atoms with van der Waals surface area (Å²) in [6.07, 6.45) is 8.01. The van der Waals surface area contributed by atoms with Gasteiger partial charge in [0.15, 0.2) is 0 Å². The fraction of sp³-hybridized carbons (Fsp3) is 1.00. The summed E-state index contributed by atoms with van der Waals surface area (Å²) in [6.45, 7) is 32.1. The van der Waals surface area contributed by atoms with Gasteiger partial charge in [0.25, 0.3) is 0 Å². The zero-order valence-corrected chi connectivity index (χ0v) is 22.0. The predicted molar refractivity (Wildman–Crippen MR) is 130 cm³/mol. The molecule has 2 saturated heterocycles. The van der Waals surface area contributed by atoms with Crippen molar-refractivity contribution in [1.82, 2.24) is 9.80 Å². The van der Waals surface area contributed by atoms with E-state index < -0.39 is 0 Å². The zero-order chi connectivity index (χ0) is 22.3. The molecule has 0 radical (unpaired) electrons. The SMILES string of the molecule is CC(C)(C)C1CCN(C(C)(C)CCC(C)(C)N2CCC(C)(C(C)(C)C)CC2)CC1. The van der Waals surface area contributed by atoms with Gasteiger partial charge in [0.2, 0.25) is 0 Å². The molecule has 0 N–H and O–H groups in total. The summed E-state index contributed by atoms with van der Waals surface area (Å²) < 4.78 is 0. The largest absolute Gasteiger partial charge is 0.298 e. The molecule has 2 heteroatoms. The van der Waals surface area contributed by atoms with Crippen molar-refractivity contribution in [3.05, 3.63) is 0 Å². The molecule has 172 valence electrons. The lowest BCUT2D eigenvalue weighted by atomic mass is 9.62. The molecule has 0 aromatic heterocycles. The van der Waals surface area contributed by atoms with Crippen LogP contribution in [-0.4, -0.2) is 47.1 Å². The van der Waals surface area contributed by atoms with Crippen LogP contribution in [-0.2, 0) is 0 Å². The van der Waals surface area contributed by atoms with Crippen LogP contribution in [0.2, 0.25) is 0 Å². The van der Waals surface area contributed by atoms with Crippen LogP contribution in [0.4, 0.5) is 0 Å². The molecule has 2 nitrogen and oxygen atoms in total. The monoisotopic (exact) mass is 406 g/mol. The summed E-state index contributed by atoms with van der Waals surface area (Å²) in [5.74, 6) is 0.886. The van der Waals surface area contributed by atoms with Gasteiger partial charge in [0.05, 0.1) is 0 Å². The molecule has 2 rings (SSSR count). The molecule has 0 saturated carbocycles. The van der Waals surface area contributed by atoms with Gasteiger partial charge in [-0.05, 0) is 115 Å².